The number of carbonyl (C=O) groups is 2. The van der Waals surface area contributed by atoms with E-state index in [2.05, 4.69) is 64.3 Å². The number of aromatic amines is 1. The van der Waals surface area contributed by atoms with E-state index in [1.807, 2.05) is 32.0 Å². The van der Waals surface area contributed by atoms with E-state index < -0.39 is 6.04 Å². The summed E-state index contributed by atoms with van der Waals surface area (Å²) in [5, 5.41) is 5.99. The number of amides is 2. The number of carbonyl (C=O) groups excluding carboxylic acids is 2. The Morgan fingerprint density at radius 3 is 2.54 bits per heavy atom. The van der Waals surface area contributed by atoms with E-state index in [1.165, 1.54) is 12.0 Å². The second-order valence-electron chi connectivity index (χ2n) is 10.4. The maximum Gasteiger partial charge on any atom is 0.243 e. The molecule has 2 amide bonds. The molecule has 3 N–H and O–H groups in total. The minimum Gasteiger partial charge on any atom is -0.381 e. The first kappa shape index (κ1) is 33.8. The monoisotopic (exact) mass is 569 g/mol. The van der Waals surface area contributed by atoms with Crippen molar-refractivity contribution in [3.8, 4) is 0 Å². The van der Waals surface area contributed by atoms with Crippen molar-refractivity contribution < 1.29 is 17.2 Å². The normalized spacial score (nSPS) is 17.6. The highest BCUT2D eigenvalue weighted by atomic mass is 16.5. The molecule has 230 valence electrons. The van der Waals surface area contributed by atoms with E-state index in [9.17, 15) is 9.59 Å². The minimum atomic E-state index is -0.673. The lowest BCUT2D eigenvalue weighted by Crippen LogP contribution is -2.49. The fourth-order valence-corrected chi connectivity index (χ4v) is 5.29. The summed E-state index contributed by atoms with van der Waals surface area (Å²) in [6, 6.07) is 9.90. The second kappa shape index (κ2) is 18.9. The third kappa shape index (κ3) is 11.6. The zero-order valence-corrected chi connectivity index (χ0v) is 25.4. The van der Waals surface area contributed by atoms with Crippen LogP contribution in [0.25, 0.3) is 0 Å². The summed E-state index contributed by atoms with van der Waals surface area (Å²) < 4.78 is 5.42. The van der Waals surface area contributed by atoms with Gasteiger partial charge in [0.1, 0.15) is 11.9 Å². The van der Waals surface area contributed by atoms with Gasteiger partial charge in [0.05, 0.1) is 6.54 Å². The van der Waals surface area contributed by atoms with Crippen molar-refractivity contribution in [2.24, 2.45) is 5.92 Å². The Morgan fingerprint density at radius 2 is 1.85 bits per heavy atom. The summed E-state index contributed by atoms with van der Waals surface area (Å²) >= 11 is 0. The van der Waals surface area contributed by atoms with Crippen LogP contribution in [-0.2, 0) is 27.3 Å². The minimum absolute atomic E-state index is 0. The van der Waals surface area contributed by atoms with Crippen molar-refractivity contribution in [1.82, 2.24) is 25.5 Å². The van der Waals surface area contributed by atoms with Gasteiger partial charge in [-0.3, -0.25) is 9.59 Å². The molecule has 2 fully saturated rings. The average Bonchev–Trinajstić information content (AvgIpc) is 3.46. The summed E-state index contributed by atoms with van der Waals surface area (Å²) in [5.74, 6) is 0.686. The Kier molecular flexibility index (Phi) is 15.6. The van der Waals surface area contributed by atoms with Gasteiger partial charge in [0.15, 0.2) is 0 Å². The number of hydrogen-bond acceptors (Lipinski definition) is 5. The van der Waals surface area contributed by atoms with Crippen LogP contribution in [0.2, 0.25) is 0 Å². The average molecular weight is 570 g/mol. The fourth-order valence-electron chi connectivity index (χ4n) is 5.29. The number of rotatable bonds is 11. The number of nitrogens with zero attached hydrogens (tertiary/aromatic N) is 2. The highest BCUT2D eigenvalue weighted by Crippen LogP contribution is 2.23. The van der Waals surface area contributed by atoms with Gasteiger partial charge in [0, 0.05) is 65.5 Å². The molecule has 1 aromatic heterocycles. The summed E-state index contributed by atoms with van der Waals surface area (Å²) in [6.45, 7) is 19.1. The van der Waals surface area contributed by atoms with E-state index in [-0.39, 0.29) is 21.2 Å². The summed E-state index contributed by atoms with van der Waals surface area (Å²) in [7, 11) is 0. The third-order valence-electron chi connectivity index (χ3n) is 7.46. The molecule has 2 atom stereocenters. The first-order valence-electron chi connectivity index (χ1n) is 15.1. The molecule has 0 unspecified atom stereocenters. The molecule has 2 aliphatic heterocycles. The maximum atomic E-state index is 13.3. The van der Waals surface area contributed by atoms with Gasteiger partial charge in [-0.25, -0.2) is 4.98 Å². The maximum absolute atomic E-state index is 13.3. The van der Waals surface area contributed by atoms with Gasteiger partial charge >= 0.3 is 0 Å². The molecule has 0 aliphatic carbocycles. The number of piperidine rings is 1. The van der Waals surface area contributed by atoms with Gasteiger partial charge in [-0.15, -0.1) is 13.2 Å². The predicted molar refractivity (Wildman–Crippen MR) is 170 cm³/mol. The van der Waals surface area contributed by atoms with Gasteiger partial charge in [-0.2, -0.15) is 0 Å². The van der Waals surface area contributed by atoms with Crippen molar-refractivity contribution in [2.75, 3.05) is 19.8 Å². The molecular formula is C33H55N5O3. The standard InChI is InChI=1S/C29H41N5O3.C2H6.C2H4.2H2/c1-21-8-6-7-13-34(21)22(2)16-26(33-28(35)18-24-11-14-37-15-12-24)29(36)31-20-27-30-19-25(32-27)17-23-9-4-3-5-10-23;2*1-2;;/h3-5,9-10,19,21,24,26H,2,6-8,11-18,20H2,1H3,(H,30,32)(H,31,36)(H,33,35);1-2H3;1-2H2;2*1H/t21-,26-;;;;/m0..../s1. The van der Waals surface area contributed by atoms with Gasteiger partial charge in [0.25, 0.3) is 0 Å². The van der Waals surface area contributed by atoms with Crippen LogP contribution in [0.15, 0.2) is 62.0 Å². The van der Waals surface area contributed by atoms with E-state index >= 15 is 0 Å². The Morgan fingerprint density at radius 1 is 1.15 bits per heavy atom. The molecule has 2 aliphatic rings. The van der Waals surface area contributed by atoms with Crippen LogP contribution in [0.5, 0.6) is 0 Å². The van der Waals surface area contributed by atoms with Gasteiger partial charge in [0.2, 0.25) is 11.8 Å². The number of benzene rings is 1. The molecule has 41 heavy (non-hydrogen) atoms. The molecule has 0 bridgehead atoms. The van der Waals surface area contributed by atoms with E-state index in [0.29, 0.717) is 43.8 Å². The molecule has 8 nitrogen and oxygen atoms in total. The van der Waals surface area contributed by atoms with Crippen LogP contribution in [0.1, 0.15) is 85.7 Å². The highest BCUT2D eigenvalue weighted by molar-refractivity contribution is 5.87. The van der Waals surface area contributed by atoms with E-state index in [4.69, 9.17) is 4.74 Å². The molecule has 0 radical (unpaired) electrons. The van der Waals surface area contributed by atoms with Crippen LogP contribution in [0.3, 0.4) is 0 Å². The van der Waals surface area contributed by atoms with Crippen LogP contribution >= 0.6 is 0 Å². The van der Waals surface area contributed by atoms with Crippen molar-refractivity contribution in [3.63, 3.8) is 0 Å². The second-order valence-corrected chi connectivity index (χ2v) is 10.4. The molecule has 4 rings (SSSR count). The predicted octanol–water partition coefficient (Wildman–Crippen LogP) is 6.02. The lowest BCUT2D eigenvalue weighted by atomic mass is 9.96. The van der Waals surface area contributed by atoms with Crippen molar-refractivity contribution in [2.45, 2.75) is 90.8 Å². The van der Waals surface area contributed by atoms with E-state index in [0.717, 1.165) is 50.0 Å². The van der Waals surface area contributed by atoms with Crippen LogP contribution in [-0.4, -0.2) is 58.5 Å². The Hall–Kier alpha value is -3.39. The SMILES string of the molecule is C=C.C=C(C[C@H](NC(=O)CC1CCOCC1)C(=O)NCc1ncc(Cc2ccccc2)[nH]1)N1CCCC[C@@H]1C.CC.[HH].[HH]. The highest BCUT2D eigenvalue weighted by Gasteiger charge is 2.27. The molecule has 2 saturated heterocycles. The number of nitrogens with one attached hydrogen (secondary N) is 3. The molecule has 8 heteroatoms. The zero-order valence-electron chi connectivity index (χ0n) is 25.4. The lowest BCUT2D eigenvalue weighted by molar-refractivity contribution is -0.130. The Balaban J connectivity index is 0.00000282. The topological polar surface area (TPSA) is 99.3 Å². The summed E-state index contributed by atoms with van der Waals surface area (Å²) in [4.78, 5) is 36.2. The Labute approximate surface area is 250 Å². The smallest absolute Gasteiger partial charge is 0.243 e. The molecule has 1 aromatic carbocycles. The number of ether oxygens (including phenoxy) is 1. The Bertz CT molecular complexity index is 1060. The van der Waals surface area contributed by atoms with Crippen molar-refractivity contribution in [1.29, 1.82) is 0 Å². The van der Waals surface area contributed by atoms with Gasteiger partial charge < -0.3 is 25.3 Å². The number of H-pyrrole nitrogens is 1. The van der Waals surface area contributed by atoms with E-state index in [1.54, 1.807) is 6.20 Å². The van der Waals surface area contributed by atoms with Crippen molar-refractivity contribution in [3.05, 3.63) is 79.0 Å². The fraction of sp³-hybridized carbons (Fsp3) is 0.545. The largest absolute Gasteiger partial charge is 0.381 e. The van der Waals surface area contributed by atoms with Crippen LogP contribution in [0, 0.1) is 5.92 Å². The summed E-state index contributed by atoms with van der Waals surface area (Å²) in [5.41, 5.74) is 3.09. The van der Waals surface area contributed by atoms with Gasteiger partial charge in [-0.1, -0.05) is 50.8 Å². The number of likely N-dealkylation sites (tertiary alicyclic amines) is 1. The zero-order chi connectivity index (χ0) is 30.0. The molecule has 0 spiro atoms. The van der Waals surface area contributed by atoms with Crippen LogP contribution < -0.4 is 10.6 Å². The lowest BCUT2D eigenvalue weighted by Gasteiger charge is -2.37. The molecule has 2 aromatic rings. The molecular weight excluding hydrogens is 514 g/mol. The summed E-state index contributed by atoms with van der Waals surface area (Å²) in [6.07, 6.45) is 8.59. The number of hydrogen-bond donors (Lipinski definition) is 3. The van der Waals surface area contributed by atoms with Crippen molar-refractivity contribution >= 4 is 11.8 Å². The van der Waals surface area contributed by atoms with Crippen LogP contribution in [0.4, 0.5) is 0 Å². The first-order valence-corrected chi connectivity index (χ1v) is 15.1. The number of imidazole rings is 1. The number of aromatic nitrogens is 2. The first-order chi connectivity index (χ1) is 20.0. The molecule has 0 saturated carbocycles. The third-order valence-corrected chi connectivity index (χ3v) is 7.46. The van der Waals surface area contributed by atoms with Gasteiger partial charge in [-0.05, 0) is 50.5 Å². The molecule has 3 heterocycles. The quantitative estimate of drug-likeness (QED) is 0.288.